The molecule has 2 heterocycles. The fraction of sp³-hybridized carbons (Fsp3) is 0.238. The van der Waals surface area contributed by atoms with E-state index in [1.165, 1.54) is 17.1 Å². The van der Waals surface area contributed by atoms with Gasteiger partial charge in [0.1, 0.15) is 29.1 Å². The Morgan fingerprint density at radius 2 is 1.84 bits per heavy atom. The van der Waals surface area contributed by atoms with E-state index >= 15 is 0 Å². The minimum atomic E-state index is -4.67. The second kappa shape index (κ2) is 8.15. The van der Waals surface area contributed by atoms with Crippen LogP contribution < -0.4 is 5.73 Å². The lowest BCUT2D eigenvalue weighted by Crippen LogP contribution is -2.21. The summed E-state index contributed by atoms with van der Waals surface area (Å²) in [6, 6.07) is 6.69. The van der Waals surface area contributed by atoms with Crippen LogP contribution in [0.4, 0.5) is 19.0 Å². The Hall–Kier alpha value is -3.60. The second-order valence-electron chi connectivity index (χ2n) is 7.64. The molecule has 11 heteroatoms. The summed E-state index contributed by atoms with van der Waals surface area (Å²) < 4.78 is 40.5. The topological polar surface area (TPSA) is 125 Å². The molecule has 0 saturated carbocycles. The van der Waals surface area contributed by atoms with Crippen molar-refractivity contribution in [3.05, 3.63) is 57.9 Å². The van der Waals surface area contributed by atoms with E-state index in [4.69, 9.17) is 17.3 Å². The van der Waals surface area contributed by atoms with Crippen molar-refractivity contribution in [2.24, 2.45) is 0 Å². The highest BCUT2D eigenvalue weighted by Crippen LogP contribution is 2.39. The standard InChI is InChI=1S/C21H16ClF3N6O/c1-20(2,32)6-11-9-29-31(10-11)19-14(8-27)17(13(7-26)18(28)30-19)12-3-4-15(16(22)5-12)21(23,24)25/h3-5,9-10,32H,6H2,1-2H3,(H2,28,30). The number of nitrogens with two attached hydrogens (primary N) is 1. The van der Waals surface area contributed by atoms with E-state index in [2.05, 4.69) is 10.1 Å². The van der Waals surface area contributed by atoms with Crippen molar-refractivity contribution in [2.45, 2.75) is 32.0 Å². The Morgan fingerprint density at radius 3 is 2.38 bits per heavy atom. The molecular weight excluding hydrogens is 445 g/mol. The monoisotopic (exact) mass is 460 g/mol. The van der Waals surface area contributed by atoms with Crippen LogP contribution in [0, 0.1) is 22.7 Å². The third kappa shape index (κ3) is 4.52. The summed E-state index contributed by atoms with van der Waals surface area (Å²) in [5.74, 6) is -0.246. The highest BCUT2D eigenvalue weighted by molar-refractivity contribution is 6.31. The number of pyridine rings is 1. The summed E-state index contributed by atoms with van der Waals surface area (Å²) in [6.45, 7) is 3.24. The number of nitriles is 2. The molecule has 2 aromatic heterocycles. The van der Waals surface area contributed by atoms with Gasteiger partial charge in [0.2, 0.25) is 0 Å². The first-order chi connectivity index (χ1) is 14.9. The SMILES string of the molecule is CC(C)(O)Cc1cnn(-c2nc(N)c(C#N)c(-c3ccc(C(F)(F)F)c(Cl)c3)c2C#N)c1. The van der Waals surface area contributed by atoms with Crippen molar-refractivity contribution in [2.75, 3.05) is 5.73 Å². The molecule has 3 aromatic rings. The number of nitrogens with zero attached hydrogens (tertiary/aromatic N) is 5. The molecule has 0 radical (unpaired) electrons. The fourth-order valence-electron chi connectivity index (χ4n) is 3.23. The van der Waals surface area contributed by atoms with E-state index in [1.54, 1.807) is 13.8 Å². The summed E-state index contributed by atoms with van der Waals surface area (Å²) in [6.07, 6.45) is -1.39. The molecule has 0 saturated heterocycles. The van der Waals surface area contributed by atoms with Gasteiger partial charge < -0.3 is 10.8 Å². The smallest absolute Gasteiger partial charge is 0.390 e. The van der Waals surface area contributed by atoms with E-state index in [0.717, 1.165) is 18.2 Å². The largest absolute Gasteiger partial charge is 0.417 e. The Balaban J connectivity index is 2.25. The van der Waals surface area contributed by atoms with Gasteiger partial charge in [-0.05, 0) is 37.1 Å². The summed E-state index contributed by atoms with van der Waals surface area (Å²) in [5, 5.41) is 33.0. The number of anilines is 1. The van der Waals surface area contributed by atoms with Crippen molar-refractivity contribution < 1.29 is 18.3 Å². The Labute approximate surface area is 186 Å². The first-order valence-electron chi connectivity index (χ1n) is 9.13. The van der Waals surface area contributed by atoms with Crippen LogP contribution in [-0.2, 0) is 12.6 Å². The fourth-order valence-corrected chi connectivity index (χ4v) is 3.52. The molecule has 0 fully saturated rings. The predicted molar refractivity (Wildman–Crippen MR) is 111 cm³/mol. The molecule has 0 spiro atoms. The van der Waals surface area contributed by atoms with Gasteiger partial charge in [0, 0.05) is 18.2 Å². The lowest BCUT2D eigenvalue weighted by atomic mass is 9.95. The van der Waals surface area contributed by atoms with Gasteiger partial charge in [-0.1, -0.05) is 17.7 Å². The zero-order chi connectivity index (χ0) is 23.8. The number of hydrogen-bond acceptors (Lipinski definition) is 6. The van der Waals surface area contributed by atoms with Gasteiger partial charge in [-0.2, -0.15) is 28.8 Å². The van der Waals surface area contributed by atoms with Crippen LogP contribution in [-0.4, -0.2) is 25.5 Å². The van der Waals surface area contributed by atoms with Crippen LogP contribution in [0.5, 0.6) is 0 Å². The molecule has 7 nitrogen and oxygen atoms in total. The third-order valence-corrected chi connectivity index (χ3v) is 4.80. The highest BCUT2D eigenvalue weighted by Gasteiger charge is 2.33. The average Bonchev–Trinajstić information content (AvgIpc) is 3.12. The molecule has 0 aliphatic heterocycles. The molecular formula is C21H16ClF3N6O. The number of aliphatic hydroxyl groups is 1. The molecule has 3 N–H and O–H groups in total. The van der Waals surface area contributed by atoms with Gasteiger partial charge in [-0.15, -0.1) is 0 Å². The van der Waals surface area contributed by atoms with Gasteiger partial charge in [0.15, 0.2) is 5.82 Å². The van der Waals surface area contributed by atoms with E-state index in [1.807, 2.05) is 12.1 Å². The van der Waals surface area contributed by atoms with Gasteiger partial charge in [0.05, 0.1) is 22.4 Å². The molecule has 3 rings (SSSR count). The molecule has 0 atom stereocenters. The predicted octanol–water partition coefficient (Wildman–Crippen LogP) is 4.25. The van der Waals surface area contributed by atoms with Gasteiger partial charge in [-0.25, -0.2) is 9.67 Å². The van der Waals surface area contributed by atoms with Crippen LogP contribution in [0.15, 0.2) is 30.6 Å². The molecule has 0 unspecified atom stereocenters. The molecule has 164 valence electrons. The lowest BCUT2D eigenvalue weighted by Gasteiger charge is -2.16. The highest BCUT2D eigenvalue weighted by atomic mass is 35.5. The van der Waals surface area contributed by atoms with Gasteiger partial charge in [-0.3, -0.25) is 0 Å². The summed E-state index contributed by atoms with van der Waals surface area (Å²) in [4.78, 5) is 4.12. The molecule has 32 heavy (non-hydrogen) atoms. The lowest BCUT2D eigenvalue weighted by molar-refractivity contribution is -0.137. The van der Waals surface area contributed by atoms with Gasteiger partial charge >= 0.3 is 6.18 Å². The number of alkyl halides is 3. The van der Waals surface area contributed by atoms with Crippen molar-refractivity contribution in [3.63, 3.8) is 0 Å². The maximum atomic E-state index is 13.1. The Kier molecular flexibility index (Phi) is 5.88. The van der Waals surface area contributed by atoms with Crippen molar-refractivity contribution in [3.8, 4) is 29.1 Å². The van der Waals surface area contributed by atoms with E-state index < -0.39 is 22.4 Å². The zero-order valence-electron chi connectivity index (χ0n) is 16.9. The van der Waals surface area contributed by atoms with Crippen LogP contribution in [0.3, 0.4) is 0 Å². The minimum absolute atomic E-state index is 0.00679. The number of aromatic nitrogens is 3. The first kappa shape index (κ1) is 23.1. The molecule has 0 amide bonds. The van der Waals surface area contributed by atoms with Crippen LogP contribution in [0.25, 0.3) is 16.9 Å². The number of hydrogen-bond donors (Lipinski definition) is 2. The number of halogens is 4. The maximum Gasteiger partial charge on any atom is 0.417 e. The molecule has 0 aliphatic carbocycles. The van der Waals surface area contributed by atoms with Gasteiger partial charge in [0.25, 0.3) is 0 Å². The van der Waals surface area contributed by atoms with Crippen molar-refractivity contribution in [1.29, 1.82) is 10.5 Å². The van der Waals surface area contributed by atoms with E-state index in [9.17, 15) is 28.8 Å². The van der Waals surface area contributed by atoms with Crippen molar-refractivity contribution in [1.82, 2.24) is 14.8 Å². The minimum Gasteiger partial charge on any atom is -0.390 e. The maximum absolute atomic E-state index is 13.1. The Bertz CT molecular complexity index is 1280. The average molecular weight is 461 g/mol. The van der Waals surface area contributed by atoms with Crippen LogP contribution in [0.1, 0.15) is 36.1 Å². The number of nitrogen functional groups attached to an aromatic ring is 1. The normalized spacial score (nSPS) is 11.8. The number of benzene rings is 1. The molecule has 0 aliphatic rings. The molecule has 1 aromatic carbocycles. The summed E-state index contributed by atoms with van der Waals surface area (Å²) in [5.41, 5.74) is 4.31. The van der Waals surface area contributed by atoms with E-state index in [0.29, 0.717) is 5.56 Å². The zero-order valence-corrected chi connectivity index (χ0v) is 17.6. The van der Waals surface area contributed by atoms with E-state index in [-0.39, 0.29) is 40.3 Å². The first-order valence-corrected chi connectivity index (χ1v) is 9.50. The number of rotatable bonds is 4. The van der Waals surface area contributed by atoms with Crippen LogP contribution in [0.2, 0.25) is 5.02 Å². The summed E-state index contributed by atoms with van der Waals surface area (Å²) in [7, 11) is 0. The summed E-state index contributed by atoms with van der Waals surface area (Å²) >= 11 is 5.84. The molecule has 0 bridgehead atoms. The van der Waals surface area contributed by atoms with Crippen molar-refractivity contribution >= 4 is 17.4 Å². The quantitative estimate of drug-likeness (QED) is 0.599. The van der Waals surface area contributed by atoms with Crippen LogP contribution >= 0.6 is 11.6 Å². The third-order valence-electron chi connectivity index (χ3n) is 4.48. The second-order valence-corrected chi connectivity index (χ2v) is 8.05. The Morgan fingerprint density at radius 1 is 1.19 bits per heavy atom.